The first-order valence-electron chi connectivity index (χ1n) is 9.76. The minimum atomic E-state index is -3.61. The van der Waals surface area contributed by atoms with Gasteiger partial charge < -0.3 is 11.1 Å². The maximum Gasteiger partial charge on any atom is 0.251 e. The number of hydrogen-bond donors (Lipinski definition) is 2. The molecule has 0 unspecified atom stereocenters. The third kappa shape index (κ3) is 6.01. The van der Waals surface area contributed by atoms with Gasteiger partial charge in [-0.25, -0.2) is 8.42 Å². The molecule has 0 fully saturated rings. The van der Waals surface area contributed by atoms with Crippen molar-refractivity contribution >= 4 is 44.8 Å². The van der Waals surface area contributed by atoms with E-state index in [1.54, 1.807) is 42.5 Å². The minimum Gasteiger partial charge on any atom is -0.348 e. The normalized spacial score (nSPS) is 11.2. The zero-order chi connectivity index (χ0) is 23.3. The molecule has 6 nitrogen and oxygen atoms in total. The number of hydrogen-bond acceptors (Lipinski definition) is 4. The molecule has 168 valence electrons. The van der Waals surface area contributed by atoms with Gasteiger partial charge in [0.05, 0.1) is 28.5 Å². The number of benzene rings is 3. The highest BCUT2D eigenvalue weighted by Gasteiger charge is 2.20. The molecule has 0 heterocycles. The monoisotopic (exact) mass is 491 g/mol. The van der Waals surface area contributed by atoms with Gasteiger partial charge in [-0.15, -0.1) is 0 Å². The third-order valence-electron chi connectivity index (χ3n) is 4.88. The highest BCUT2D eigenvalue weighted by atomic mass is 35.5. The molecule has 9 heteroatoms. The lowest BCUT2D eigenvalue weighted by molar-refractivity contribution is 0.0951. The summed E-state index contributed by atoms with van der Waals surface area (Å²) in [6.07, 6.45) is 1.11. The number of nitrogens with one attached hydrogen (secondary N) is 1. The van der Waals surface area contributed by atoms with Crippen LogP contribution >= 0.6 is 23.2 Å². The van der Waals surface area contributed by atoms with Crippen molar-refractivity contribution < 1.29 is 13.2 Å². The van der Waals surface area contributed by atoms with Crippen LogP contribution in [0.25, 0.3) is 0 Å². The Hall–Kier alpha value is -2.58. The summed E-state index contributed by atoms with van der Waals surface area (Å²) >= 11 is 12.3. The van der Waals surface area contributed by atoms with Gasteiger partial charge in [0.1, 0.15) is 0 Å². The Morgan fingerprint density at radius 2 is 1.59 bits per heavy atom. The summed E-state index contributed by atoms with van der Waals surface area (Å²) in [5, 5.41) is 3.50. The molecule has 0 radical (unpaired) electrons. The lowest BCUT2D eigenvalue weighted by Gasteiger charge is -2.23. The number of carbonyl (C=O) groups excluding carboxylic acids is 1. The number of anilines is 1. The Morgan fingerprint density at radius 3 is 2.19 bits per heavy atom. The van der Waals surface area contributed by atoms with Crippen LogP contribution in [0.1, 0.15) is 27.0 Å². The Bertz CT molecular complexity index is 1200. The van der Waals surface area contributed by atoms with E-state index in [2.05, 4.69) is 5.32 Å². The summed E-state index contributed by atoms with van der Waals surface area (Å²) in [4.78, 5) is 12.5. The van der Waals surface area contributed by atoms with Gasteiger partial charge in [0.2, 0.25) is 10.0 Å². The van der Waals surface area contributed by atoms with Crippen LogP contribution in [0, 0.1) is 0 Å². The number of carbonyl (C=O) groups is 1. The first-order valence-corrected chi connectivity index (χ1v) is 12.4. The molecular weight excluding hydrogens is 469 g/mol. The molecule has 3 N–H and O–H groups in total. The zero-order valence-electron chi connectivity index (χ0n) is 17.4. The molecule has 0 aliphatic rings. The average Bonchev–Trinajstić information content (AvgIpc) is 2.78. The standard InChI is InChI=1S/C23H23Cl2N3O3S/c1-32(30,31)28(15-19-3-2-4-21(24)22(19)25)20-11-9-18(10-12-20)23(29)27-14-17-7-5-16(13-26)6-8-17/h2-12H,13-15,26H2,1H3,(H,27,29). The van der Waals surface area contributed by atoms with Gasteiger partial charge in [0.25, 0.3) is 5.91 Å². The van der Waals surface area contributed by atoms with Crippen LogP contribution in [0.3, 0.4) is 0 Å². The fourth-order valence-electron chi connectivity index (χ4n) is 3.08. The Balaban J connectivity index is 1.73. The summed E-state index contributed by atoms with van der Waals surface area (Å²) in [5.74, 6) is -0.261. The third-order valence-corrected chi connectivity index (χ3v) is 6.87. The van der Waals surface area contributed by atoms with E-state index in [0.29, 0.717) is 39.9 Å². The van der Waals surface area contributed by atoms with Gasteiger partial charge in [-0.2, -0.15) is 0 Å². The predicted octanol–water partition coefficient (Wildman–Crippen LogP) is 4.35. The van der Waals surface area contributed by atoms with Crippen LogP contribution in [-0.2, 0) is 29.7 Å². The summed E-state index contributed by atoms with van der Waals surface area (Å²) in [7, 11) is -3.61. The van der Waals surface area contributed by atoms with Crippen LogP contribution < -0.4 is 15.4 Å². The molecule has 0 saturated heterocycles. The van der Waals surface area contributed by atoms with Crippen molar-refractivity contribution in [1.29, 1.82) is 0 Å². The van der Waals surface area contributed by atoms with Crippen molar-refractivity contribution in [2.75, 3.05) is 10.6 Å². The van der Waals surface area contributed by atoms with Crippen molar-refractivity contribution in [3.8, 4) is 0 Å². The lowest BCUT2D eigenvalue weighted by Crippen LogP contribution is -2.29. The highest BCUT2D eigenvalue weighted by molar-refractivity contribution is 7.92. The Kier molecular flexibility index (Phi) is 7.79. The number of rotatable bonds is 8. The molecule has 3 rings (SSSR count). The molecule has 0 aliphatic carbocycles. The molecule has 32 heavy (non-hydrogen) atoms. The van der Waals surface area contributed by atoms with Crippen molar-refractivity contribution in [1.82, 2.24) is 5.32 Å². The quantitative estimate of drug-likeness (QED) is 0.489. The molecule has 0 aliphatic heterocycles. The Morgan fingerprint density at radius 1 is 0.969 bits per heavy atom. The Labute approximate surface area is 198 Å². The predicted molar refractivity (Wildman–Crippen MR) is 129 cm³/mol. The van der Waals surface area contributed by atoms with E-state index in [-0.39, 0.29) is 12.5 Å². The molecule has 3 aromatic rings. The van der Waals surface area contributed by atoms with Crippen LogP contribution in [-0.4, -0.2) is 20.6 Å². The van der Waals surface area contributed by atoms with Gasteiger partial charge in [-0.3, -0.25) is 9.10 Å². The highest BCUT2D eigenvalue weighted by Crippen LogP contribution is 2.29. The maximum absolute atomic E-state index is 12.5. The summed E-state index contributed by atoms with van der Waals surface area (Å²) in [6, 6.07) is 19.1. The lowest BCUT2D eigenvalue weighted by atomic mass is 10.1. The zero-order valence-corrected chi connectivity index (χ0v) is 19.7. The minimum absolute atomic E-state index is 0.0164. The molecule has 0 saturated carbocycles. The van der Waals surface area contributed by atoms with E-state index < -0.39 is 10.0 Å². The molecule has 0 bridgehead atoms. The second-order valence-electron chi connectivity index (χ2n) is 7.23. The van der Waals surface area contributed by atoms with E-state index in [1.807, 2.05) is 24.3 Å². The summed E-state index contributed by atoms with van der Waals surface area (Å²) in [6.45, 7) is 0.851. The first-order chi connectivity index (χ1) is 15.2. The fourth-order valence-corrected chi connectivity index (χ4v) is 4.34. The van der Waals surface area contributed by atoms with E-state index in [4.69, 9.17) is 28.9 Å². The number of sulfonamides is 1. The molecule has 0 aromatic heterocycles. The summed E-state index contributed by atoms with van der Waals surface area (Å²) < 4.78 is 26.1. The maximum atomic E-state index is 12.5. The van der Waals surface area contributed by atoms with Crippen molar-refractivity contribution in [2.45, 2.75) is 19.6 Å². The van der Waals surface area contributed by atoms with Crippen LogP contribution in [0.5, 0.6) is 0 Å². The largest absolute Gasteiger partial charge is 0.348 e. The van der Waals surface area contributed by atoms with E-state index in [1.165, 1.54) is 4.31 Å². The topological polar surface area (TPSA) is 92.5 Å². The van der Waals surface area contributed by atoms with Gasteiger partial charge in [0.15, 0.2) is 0 Å². The van der Waals surface area contributed by atoms with Crippen molar-refractivity contribution in [3.05, 3.63) is 99.0 Å². The number of halogens is 2. The average molecular weight is 492 g/mol. The van der Waals surface area contributed by atoms with E-state index in [9.17, 15) is 13.2 Å². The van der Waals surface area contributed by atoms with E-state index in [0.717, 1.165) is 17.4 Å². The van der Waals surface area contributed by atoms with Crippen LogP contribution in [0.15, 0.2) is 66.7 Å². The molecular formula is C23H23Cl2N3O3S. The van der Waals surface area contributed by atoms with Gasteiger partial charge >= 0.3 is 0 Å². The van der Waals surface area contributed by atoms with Crippen molar-refractivity contribution in [2.24, 2.45) is 5.73 Å². The SMILES string of the molecule is CS(=O)(=O)N(Cc1cccc(Cl)c1Cl)c1ccc(C(=O)NCc2ccc(CN)cc2)cc1. The van der Waals surface area contributed by atoms with Gasteiger partial charge in [-0.05, 0) is 47.0 Å². The van der Waals surface area contributed by atoms with Crippen LogP contribution in [0.4, 0.5) is 5.69 Å². The molecule has 3 aromatic carbocycles. The summed E-state index contributed by atoms with van der Waals surface area (Å²) in [5.41, 5.74) is 8.97. The van der Waals surface area contributed by atoms with Crippen molar-refractivity contribution in [3.63, 3.8) is 0 Å². The molecule has 0 atom stereocenters. The van der Waals surface area contributed by atoms with Gasteiger partial charge in [-0.1, -0.05) is 59.6 Å². The second kappa shape index (κ2) is 10.4. The number of nitrogens with zero attached hydrogens (tertiary/aromatic N) is 1. The first kappa shape index (κ1) is 24.1. The molecule has 0 spiro atoms. The van der Waals surface area contributed by atoms with E-state index >= 15 is 0 Å². The second-order valence-corrected chi connectivity index (χ2v) is 9.92. The number of amides is 1. The molecule has 1 amide bonds. The fraction of sp³-hybridized carbons (Fsp3) is 0.174. The number of nitrogens with two attached hydrogens (primary N) is 1. The van der Waals surface area contributed by atoms with Gasteiger partial charge in [0, 0.05) is 18.7 Å². The van der Waals surface area contributed by atoms with Crippen LogP contribution in [0.2, 0.25) is 10.0 Å². The smallest absolute Gasteiger partial charge is 0.251 e.